The fourth-order valence-corrected chi connectivity index (χ4v) is 2.68. The van der Waals surface area contributed by atoms with Gasteiger partial charge >= 0.3 is 0 Å². The topological polar surface area (TPSA) is 51.9 Å². The first-order valence-electron chi connectivity index (χ1n) is 6.55. The summed E-state index contributed by atoms with van der Waals surface area (Å²) in [6, 6.07) is 7.41. The van der Waals surface area contributed by atoms with Gasteiger partial charge in [-0.1, -0.05) is 0 Å². The standard InChI is InChI=1S/C15H13NO4/c17-15(12-2-1-5-18-12)16-4-3-10-6-13-14(20-9-19-13)7-11(10)8-16/h1-2,5-7H,3-4,8-9H2. The Morgan fingerprint density at radius 3 is 2.70 bits per heavy atom. The van der Waals surface area contributed by atoms with Gasteiger partial charge in [0, 0.05) is 13.1 Å². The fraction of sp³-hybridized carbons (Fsp3) is 0.267. The third-order valence-electron chi connectivity index (χ3n) is 3.73. The Kier molecular flexibility index (Phi) is 2.45. The van der Waals surface area contributed by atoms with E-state index >= 15 is 0 Å². The van der Waals surface area contributed by atoms with E-state index in [1.54, 1.807) is 17.0 Å². The number of benzene rings is 1. The van der Waals surface area contributed by atoms with Crippen LogP contribution < -0.4 is 9.47 Å². The molecule has 0 bridgehead atoms. The van der Waals surface area contributed by atoms with Crippen LogP contribution in [0.1, 0.15) is 21.7 Å². The molecule has 0 saturated heterocycles. The van der Waals surface area contributed by atoms with Crippen molar-refractivity contribution in [2.45, 2.75) is 13.0 Å². The van der Waals surface area contributed by atoms with Crippen molar-refractivity contribution < 1.29 is 18.7 Å². The lowest BCUT2D eigenvalue weighted by atomic mass is 9.98. The third kappa shape index (κ3) is 1.74. The van der Waals surface area contributed by atoms with Gasteiger partial charge in [-0.15, -0.1) is 0 Å². The molecule has 0 unspecified atom stereocenters. The van der Waals surface area contributed by atoms with E-state index in [4.69, 9.17) is 13.9 Å². The molecule has 0 saturated carbocycles. The van der Waals surface area contributed by atoms with E-state index in [1.807, 2.05) is 12.1 Å². The molecule has 3 heterocycles. The molecular weight excluding hydrogens is 258 g/mol. The van der Waals surface area contributed by atoms with Gasteiger partial charge in [0.15, 0.2) is 17.3 Å². The zero-order valence-electron chi connectivity index (χ0n) is 10.8. The van der Waals surface area contributed by atoms with E-state index in [9.17, 15) is 4.79 Å². The van der Waals surface area contributed by atoms with Crippen molar-refractivity contribution in [3.63, 3.8) is 0 Å². The van der Waals surface area contributed by atoms with Crippen LogP contribution >= 0.6 is 0 Å². The van der Waals surface area contributed by atoms with Gasteiger partial charge in [-0.3, -0.25) is 4.79 Å². The number of carbonyl (C=O) groups is 1. The van der Waals surface area contributed by atoms with Gasteiger partial charge in [0.1, 0.15) is 0 Å². The predicted molar refractivity (Wildman–Crippen MR) is 69.7 cm³/mol. The van der Waals surface area contributed by atoms with Crippen molar-refractivity contribution in [1.82, 2.24) is 4.90 Å². The van der Waals surface area contributed by atoms with Crippen LogP contribution in [0.25, 0.3) is 0 Å². The van der Waals surface area contributed by atoms with Gasteiger partial charge in [-0.2, -0.15) is 0 Å². The second-order valence-electron chi connectivity index (χ2n) is 4.93. The number of rotatable bonds is 1. The molecule has 0 spiro atoms. The third-order valence-corrected chi connectivity index (χ3v) is 3.73. The largest absolute Gasteiger partial charge is 0.459 e. The summed E-state index contributed by atoms with van der Waals surface area (Å²) in [4.78, 5) is 14.1. The number of amides is 1. The highest BCUT2D eigenvalue weighted by Gasteiger charge is 2.26. The number of furan rings is 1. The average molecular weight is 271 g/mol. The smallest absolute Gasteiger partial charge is 0.289 e. The molecular formula is C15H13NO4. The SMILES string of the molecule is O=C(c1ccco1)N1CCc2cc3c(cc2C1)OCO3. The van der Waals surface area contributed by atoms with Crippen LogP contribution in [0, 0.1) is 0 Å². The highest BCUT2D eigenvalue weighted by atomic mass is 16.7. The Morgan fingerprint density at radius 2 is 1.95 bits per heavy atom. The molecule has 0 aliphatic carbocycles. The van der Waals surface area contributed by atoms with Crippen LogP contribution in [0.2, 0.25) is 0 Å². The Labute approximate surface area is 115 Å². The number of hydrogen-bond acceptors (Lipinski definition) is 4. The van der Waals surface area contributed by atoms with Crippen molar-refractivity contribution in [1.29, 1.82) is 0 Å². The second kappa shape index (κ2) is 4.30. The lowest BCUT2D eigenvalue weighted by molar-refractivity contribution is 0.0702. The molecule has 0 N–H and O–H groups in total. The highest BCUT2D eigenvalue weighted by Crippen LogP contribution is 2.36. The van der Waals surface area contributed by atoms with Gasteiger partial charge in [0.25, 0.3) is 5.91 Å². The van der Waals surface area contributed by atoms with Crippen LogP contribution in [0.3, 0.4) is 0 Å². The lowest BCUT2D eigenvalue weighted by Gasteiger charge is -2.28. The fourth-order valence-electron chi connectivity index (χ4n) is 2.68. The number of fused-ring (bicyclic) bond motifs is 2. The molecule has 0 radical (unpaired) electrons. The van der Waals surface area contributed by atoms with Crippen molar-refractivity contribution in [3.8, 4) is 11.5 Å². The van der Waals surface area contributed by atoms with E-state index in [0.29, 0.717) is 18.8 Å². The molecule has 1 aromatic carbocycles. The van der Waals surface area contributed by atoms with Crippen molar-refractivity contribution in [2.75, 3.05) is 13.3 Å². The Bertz CT molecular complexity index is 663. The molecule has 2 aliphatic heterocycles. The summed E-state index contributed by atoms with van der Waals surface area (Å²) in [7, 11) is 0. The minimum Gasteiger partial charge on any atom is -0.459 e. The van der Waals surface area contributed by atoms with E-state index < -0.39 is 0 Å². The first kappa shape index (κ1) is 11.4. The monoisotopic (exact) mass is 271 g/mol. The summed E-state index contributed by atoms with van der Waals surface area (Å²) >= 11 is 0. The van der Waals surface area contributed by atoms with E-state index in [-0.39, 0.29) is 12.7 Å². The number of nitrogens with zero attached hydrogens (tertiary/aromatic N) is 1. The van der Waals surface area contributed by atoms with E-state index in [2.05, 4.69) is 0 Å². The van der Waals surface area contributed by atoms with Crippen molar-refractivity contribution in [2.24, 2.45) is 0 Å². The minimum atomic E-state index is -0.0710. The zero-order chi connectivity index (χ0) is 13.5. The summed E-state index contributed by atoms with van der Waals surface area (Å²) in [6.45, 7) is 1.53. The van der Waals surface area contributed by atoms with E-state index in [1.165, 1.54) is 11.8 Å². The predicted octanol–water partition coefficient (Wildman–Crippen LogP) is 2.21. The Balaban J connectivity index is 1.62. The zero-order valence-corrected chi connectivity index (χ0v) is 10.8. The second-order valence-corrected chi connectivity index (χ2v) is 4.93. The maximum atomic E-state index is 12.3. The first-order valence-corrected chi connectivity index (χ1v) is 6.55. The molecule has 20 heavy (non-hydrogen) atoms. The maximum Gasteiger partial charge on any atom is 0.289 e. The summed E-state index contributed by atoms with van der Waals surface area (Å²) < 4.78 is 15.9. The van der Waals surface area contributed by atoms with Crippen molar-refractivity contribution in [3.05, 3.63) is 47.4 Å². The highest BCUT2D eigenvalue weighted by molar-refractivity contribution is 5.91. The van der Waals surface area contributed by atoms with Gasteiger partial charge in [-0.25, -0.2) is 0 Å². The van der Waals surface area contributed by atoms with E-state index in [0.717, 1.165) is 23.5 Å². The van der Waals surface area contributed by atoms with Crippen LogP contribution in [0.5, 0.6) is 11.5 Å². The summed E-state index contributed by atoms with van der Waals surface area (Å²) in [5, 5.41) is 0. The van der Waals surface area contributed by atoms with Gasteiger partial charge in [-0.05, 0) is 41.8 Å². The molecule has 0 fully saturated rings. The summed E-state index contributed by atoms with van der Waals surface area (Å²) in [5.74, 6) is 1.87. The molecule has 2 aromatic rings. The van der Waals surface area contributed by atoms with Gasteiger partial charge in [0.2, 0.25) is 6.79 Å². The van der Waals surface area contributed by atoms with Crippen LogP contribution in [-0.4, -0.2) is 24.1 Å². The summed E-state index contributed by atoms with van der Waals surface area (Å²) in [5.41, 5.74) is 2.33. The minimum absolute atomic E-state index is 0.0710. The molecule has 4 rings (SSSR count). The Hall–Kier alpha value is -2.43. The van der Waals surface area contributed by atoms with Crippen molar-refractivity contribution >= 4 is 5.91 Å². The molecule has 5 nitrogen and oxygen atoms in total. The summed E-state index contributed by atoms with van der Waals surface area (Å²) in [6.07, 6.45) is 2.33. The van der Waals surface area contributed by atoms with Crippen LogP contribution in [-0.2, 0) is 13.0 Å². The lowest BCUT2D eigenvalue weighted by Crippen LogP contribution is -2.35. The van der Waals surface area contributed by atoms with Gasteiger partial charge < -0.3 is 18.8 Å². The number of ether oxygens (including phenoxy) is 2. The number of carbonyl (C=O) groups excluding carboxylic acids is 1. The van der Waals surface area contributed by atoms with Gasteiger partial charge in [0.05, 0.1) is 6.26 Å². The first-order chi connectivity index (χ1) is 9.81. The molecule has 5 heteroatoms. The molecule has 1 aromatic heterocycles. The normalized spacial score (nSPS) is 16.1. The molecule has 102 valence electrons. The average Bonchev–Trinajstić information content (AvgIpc) is 3.14. The number of hydrogen-bond donors (Lipinski definition) is 0. The molecule has 2 aliphatic rings. The molecule has 0 atom stereocenters. The Morgan fingerprint density at radius 1 is 1.15 bits per heavy atom. The van der Waals surface area contributed by atoms with Crippen LogP contribution in [0.4, 0.5) is 0 Å². The van der Waals surface area contributed by atoms with Crippen LogP contribution in [0.15, 0.2) is 34.9 Å². The quantitative estimate of drug-likeness (QED) is 0.798. The molecule has 1 amide bonds. The maximum absolute atomic E-state index is 12.3.